The van der Waals surface area contributed by atoms with Crippen LogP contribution in [-0.4, -0.2) is 8.42 Å². The van der Waals surface area contributed by atoms with Crippen LogP contribution in [0.3, 0.4) is 0 Å². The number of anilines is 1. The van der Waals surface area contributed by atoms with Gasteiger partial charge in [-0.05, 0) is 35.4 Å². The summed E-state index contributed by atoms with van der Waals surface area (Å²) in [7, 11) is -3.90. The van der Waals surface area contributed by atoms with Crippen molar-refractivity contribution in [1.29, 1.82) is 0 Å². The molecule has 130 valence electrons. The van der Waals surface area contributed by atoms with Gasteiger partial charge in [0.05, 0.1) is 10.5 Å². The Kier molecular flexibility index (Phi) is 5.56. The molecule has 0 aliphatic carbocycles. The molecule has 0 heterocycles. The van der Waals surface area contributed by atoms with Gasteiger partial charge in [-0.2, -0.15) is 13.2 Å². The Hall–Kier alpha value is -1.58. The lowest BCUT2D eigenvalue weighted by atomic mass is 10.1. The van der Waals surface area contributed by atoms with Gasteiger partial charge in [0, 0.05) is 17.6 Å². The molecule has 0 bridgehead atoms. The van der Waals surface area contributed by atoms with E-state index in [0.29, 0.717) is 22.1 Å². The summed E-state index contributed by atoms with van der Waals surface area (Å²) >= 11 is 3.18. The Morgan fingerprint density at radius 1 is 1.12 bits per heavy atom. The molecule has 0 unspecified atom stereocenters. The number of nitrogens with one attached hydrogen (secondary N) is 1. The first-order valence-electron chi connectivity index (χ1n) is 6.73. The summed E-state index contributed by atoms with van der Waals surface area (Å²) in [5.74, 6) is 0. The van der Waals surface area contributed by atoms with Gasteiger partial charge in [-0.15, -0.1) is 0 Å². The standard InChI is InChI=1S/C15H14BrF3N2O2S/c16-8-11-4-5-13(7-14(11)24(20,22)23)21-9-10-2-1-3-12(6-10)15(17,18)19/h1-7,21H,8-9H2,(H2,20,22,23). The van der Waals surface area contributed by atoms with Crippen molar-refractivity contribution in [3.8, 4) is 0 Å². The Bertz CT molecular complexity index is 839. The first-order chi connectivity index (χ1) is 11.1. The van der Waals surface area contributed by atoms with Crippen LogP contribution in [-0.2, 0) is 28.1 Å². The molecule has 24 heavy (non-hydrogen) atoms. The van der Waals surface area contributed by atoms with Crippen molar-refractivity contribution in [2.75, 3.05) is 5.32 Å². The highest BCUT2D eigenvalue weighted by atomic mass is 79.9. The van der Waals surface area contributed by atoms with Crippen LogP contribution in [0.15, 0.2) is 47.4 Å². The fraction of sp³-hybridized carbons (Fsp3) is 0.200. The fourth-order valence-electron chi connectivity index (χ4n) is 2.10. The monoisotopic (exact) mass is 422 g/mol. The van der Waals surface area contributed by atoms with Crippen LogP contribution in [0.5, 0.6) is 0 Å². The average molecular weight is 423 g/mol. The predicted molar refractivity (Wildman–Crippen MR) is 89.2 cm³/mol. The van der Waals surface area contributed by atoms with Crippen LogP contribution >= 0.6 is 15.9 Å². The molecule has 2 rings (SSSR count). The van der Waals surface area contributed by atoms with Gasteiger partial charge in [0.15, 0.2) is 0 Å². The molecule has 0 amide bonds. The smallest absolute Gasteiger partial charge is 0.381 e. The third-order valence-electron chi connectivity index (χ3n) is 3.27. The van der Waals surface area contributed by atoms with E-state index in [-0.39, 0.29) is 11.4 Å². The van der Waals surface area contributed by atoms with E-state index in [1.165, 1.54) is 12.1 Å². The van der Waals surface area contributed by atoms with Crippen molar-refractivity contribution < 1.29 is 21.6 Å². The van der Waals surface area contributed by atoms with E-state index < -0.39 is 21.8 Å². The maximum absolute atomic E-state index is 12.7. The van der Waals surface area contributed by atoms with Crippen LogP contribution in [0.2, 0.25) is 0 Å². The normalized spacial score (nSPS) is 12.2. The van der Waals surface area contributed by atoms with Gasteiger partial charge < -0.3 is 5.32 Å². The molecule has 4 nitrogen and oxygen atoms in total. The summed E-state index contributed by atoms with van der Waals surface area (Å²) in [6.07, 6.45) is -4.41. The van der Waals surface area contributed by atoms with Crippen molar-refractivity contribution >= 4 is 31.6 Å². The second-order valence-corrected chi connectivity index (χ2v) is 7.14. The van der Waals surface area contributed by atoms with E-state index in [4.69, 9.17) is 5.14 Å². The molecule has 0 radical (unpaired) electrons. The number of hydrogen-bond donors (Lipinski definition) is 2. The maximum atomic E-state index is 12.7. The second-order valence-electron chi connectivity index (χ2n) is 5.05. The molecule has 0 fully saturated rings. The highest BCUT2D eigenvalue weighted by molar-refractivity contribution is 9.08. The molecular formula is C15H14BrF3N2O2S. The van der Waals surface area contributed by atoms with Crippen LogP contribution in [0.25, 0.3) is 0 Å². The largest absolute Gasteiger partial charge is 0.416 e. The van der Waals surface area contributed by atoms with Gasteiger partial charge in [-0.3, -0.25) is 0 Å². The average Bonchev–Trinajstić information content (AvgIpc) is 2.51. The van der Waals surface area contributed by atoms with Crippen LogP contribution in [0.4, 0.5) is 18.9 Å². The van der Waals surface area contributed by atoms with Gasteiger partial charge in [-0.25, -0.2) is 13.6 Å². The number of rotatable bonds is 5. The quantitative estimate of drug-likeness (QED) is 0.718. The van der Waals surface area contributed by atoms with Crippen LogP contribution in [0.1, 0.15) is 16.7 Å². The van der Waals surface area contributed by atoms with E-state index in [2.05, 4.69) is 21.2 Å². The summed E-state index contributed by atoms with van der Waals surface area (Å²) in [5, 5.41) is 8.39. The zero-order chi connectivity index (χ0) is 18.0. The number of nitrogens with two attached hydrogens (primary N) is 1. The number of benzene rings is 2. The third kappa shape index (κ3) is 4.71. The highest BCUT2D eigenvalue weighted by Crippen LogP contribution is 2.30. The first-order valence-corrected chi connectivity index (χ1v) is 9.40. The summed E-state index contributed by atoms with van der Waals surface area (Å²) in [5.41, 5.74) is 0.636. The number of alkyl halides is 4. The van der Waals surface area contributed by atoms with E-state index in [9.17, 15) is 21.6 Å². The molecule has 2 aromatic rings. The van der Waals surface area contributed by atoms with Crippen molar-refractivity contribution in [3.05, 3.63) is 59.2 Å². The molecule has 2 aromatic carbocycles. The summed E-state index contributed by atoms with van der Waals surface area (Å²) < 4.78 is 61.3. The molecule has 0 aromatic heterocycles. The number of sulfonamides is 1. The molecule has 3 N–H and O–H groups in total. The number of halogens is 4. The minimum atomic E-state index is -4.41. The molecule has 9 heteroatoms. The van der Waals surface area contributed by atoms with Crippen LogP contribution < -0.4 is 10.5 Å². The summed E-state index contributed by atoms with van der Waals surface area (Å²) in [6, 6.07) is 9.49. The fourth-order valence-corrected chi connectivity index (χ4v) is 3.57. The molecule has 0 saturated heterocycles. The Labute approximate surface area is 146 Å². The van der Waals surface area contributed by atoms with E-state index in [1.54, 1.807) is 18.2 Å². The van der Waals surface area contributed by atoms with Crippen molar-refractivity contribution in [3.63, 3.8) is 0 Å². The van der Waals surface area contributed by atoms with E-state index in [0.717, 1.165) is 12.1 Å². The van der Waals surface area contributed by atoms with E-state index >= 15 is 0 Å². The van der Waals surface area contributed by atoms with Crippen molar-refractivity contribution in [1.82, 2.24) is 0 Å². The lowest BCUT2D eigenvalue weighted by Gasteiger charge is -2.12. The predicted octanol–water partition coefficient (Wildman–Crippen LogP) is 3.86. The molecule has 0 aliphatic rings. The van der Waals surface area contributed by atoms with Gasteiger partial charge >= 0.3 is 6.18 Å². The Balaban J connectivity index is 2.21. The van der Waals surface area contributed by atoms with Crippen molar-refractivity contribution in [2.24, 2.45) is 5.14 Å². The SMILES string of the molecule is NS(=O)(=O)c1cc(NCc2cccc(C(F)(F)F)c2)ccc1CBr. The number of primary sulfonamides is 1. The third-order valence-corrected chi connectivity index (χ3v) is 4.87. The summed E-state index contributed by atoms with van der Waals surface area (Å²) in [4.78, 5) is -0.0339. The zero-order valence-corrected chi connectivity index (χ0v) is 14.7. The molecule has 0 spiro atoms. The lowest BCUT2D eigenvalue weighted by molar-refractivity contribution is -0.137. The molecular weight excluding hydrogens is 409 g/mol. The minimum Gasteiger partial charge on any atom is -0.381 e. The zero-order valence-electron chi connectivity index (χ0n) is 12.3. The topological polar surface area (TPSA) is 72.2 Å². The Morgan fingerprint density at radius 2 is 1.83 bits per heavy atom. The van der Waals surface area contributed by atoms with Gasteiger partial charge in [-0.1, -0.05) is 34.1 Å². The van der Waals surface area contributed by atoms with Gasteiger partial charge in [0.2, 0.25) is 10.0 Å². The molecule has 0 saturated carbocycles. The highest BCUT2D eigenvalue weighted by Gasteiger charge is 2.30. The lowest BCUT2D eigenvalue weighted by Crippen LogP contribution is -2.14. The molecule has 0 aliphatic heterocycles. The minimum absolute atomic E-state index is 0.0339. The maximum Gasteiger partial charge on any atom is 0.416 e. The number of hydrogen-bond acceptors (Lipinski definition) is 3. The van der Waals surface area contributed by atoms with Gasteiger partial charge in [0.25, 0.3) is 0 Å². The van der Waals surface area contributed by atoms with E-state index in [1.807, 2.05) is 0 Å². The summed E-state index contributed by atoms with van der Waals surface area (Å²) in [6.45, 7) is 0.113. The first kappa shape index (κ1) is 18.8. The Morgan fingerprint density at radius 3 is 2.42 bits per heavy atom. The van der Waals surface area contributed by atoms with Crippen LogP contribution in [0, 0.1) is 0 Å². The van der Waals surface area contributed by atoms with Gasteiger partial charge in [0.1, 0.15) is 0 Å². The molecule has 0 atom stereocenters. The second kappa shape index (κ2) is 7.12. The van der Waals surface area contributed by atoms with Crippen molar-refractivity contribution in [2.45, 2.75) is 22.9 Å².